The van der Waals surface area contributed by atoms with E-state index in [-0.39, 0.29) is 29.6 Å². The van der Waals surface area contributed by atoms with Gasteiger partial charge in [-0.25, -0.2) is 0 Å². The van der Waals surface area contributed by atoms with Crippen LogP contribution in [0.4, 0.5) is 0 Å². The van der Waals surface area contributed by atoms with Crippen LogP contribution in [0.2, 0.25) is 5.02 Å². The molecule has 0 N–H and O–H groups in total. The van der Waals surface area contributed by atoms with E-state index in [1.165, 1.54) is 0 Å². The van der Waals surface area contributed by atoms with Gasteiger partial charge in [0.25, 0.3) is 0 Å². The molecule has 0 radical (unpaired) electrons. The molecule has 1 rings (SSSR count). The fourth-order valence-electron chi connectivity index (χ4n) is 0.973. The molecule has 0 aromatic heterocycles. The second-order valence-electron chi connectivity index (χ2n) is 2.65. The quantitative estimate of drug-likeness (QED) is 0.448. The van der Waals surface area contributed by atoms with E-state index in [0.29, 0.717) is 10.6 Å². The average molecular weight is 219 g/mol. The second kappa shape index (κ2) is 6.25. The van der Waals surface area contributed by atoms with Gasteiger partial charge in [-0.05, 0) is 36.3 Å². The summed E-state index contributed by atoms with van der Waals surface area (Å²) in [4.78, 5) is 10.2. The number of carboxylic acids is 1. The van der Waals surface area contributed by atoms with E-state index in [2.05, 4.69) is 0 Å². The number of carbonyl (C=O) groups excluding carboxylic acids is 1. The number of carboxylic acid groups (broad SMARTS) is 1. The number of halogens is 1. The van der Waals surface area contributed by atoms with Crippen molar-refractivity contribution >= 4 is 23.1 Å². The number of hydrogen-bond acceptors (Lipinski definition) is 2. The first kappa shape index (κ1) is 13.7. The Hall–Kier alpha value is -0.280. The van der Waals surface area contributed by atoms with Crippen LogP contribution in [0, 0.1) is 0 Å². The van der Waals surface area contributed by atoms with Crippen molar-refractivity contribution in [2.45, 2.75) is 6.92 Å². The molecular formula is C10H8ClNaO2. The third-order valence-corrected chi connectivity index (χ3v) is 1.89. The number of rotatable bonds is 2. The topological polar surface area (TPSA) is 40.1 Å². The molecule has 14 heavy (non-hydrogen) atoms. The molecule has 0 bridgehead atoms. The molecule has 0 aliphatic rings. The summed E-state index contributed by atoms with van der Waals surface area (Å²) in [5, 5.41) is 10.9. The summed E-state index contributed by atoms with van der Waals surface area (Å²) >= 11 is 5.67. The first-order valence-electron chi connectivity index (χ1n) is 3.75. The molecule has 0 aliphatic carbocycles. The molecule has 2 nitrogen and oxygen atoms in total. The summed E-state index contributed by atoms with van der Waals surface area (Å²) in [7, 11) is 0. The van der Waals surface area contributed by atoms with Crippen molar-refractivity contribution in [3.8, 4) is 0 Å². The van der Waals surface area contributed by atoms with Crippen molar-refractivity contribution in [1.29, 1.82) is 0 Å². The Morgan fingerprint density at radius 3 is 2.29 bits per heavy atom. The van der Waals surface area contributed by atoms with E-state index in [9.17, 15) is 9.90 Å². The van der Waals surface area contributed by atoms with Crippen LogP contribution in [0.15, 0.2) is 30.3 Å². The van der Waals surface area contributed by atoms with Crippen molar-refractivity contribution in [3.63, 3.8) is 0 Å². The van der Waals surface area contributed by atoms with Crippen molar-refractivity contribution < 1.29 is 39.5 Å². The number of hydrogen-bond donors (Lipinski definition) is 0. The van der Waals surface area contributed by atoms with Gasteiger partial charge in [-0.1, -0.05) is 23.7 Å². The maximum atomic E-state index is 10.2. The van der Waals surface area contributed by atoms with Crippen LogP contribution in [0.1, 0.15) is 12.5 Å². The molecule has 0 saturated carbocycles. The minimum absolute atomic E-state index is 0. The molecular weight excluding hydrogens is 211 g/mol. The van der Waals surface area contributed by atoms with Gasteiger partial charge >= 0.3 is 29.6 Å². The molecule has 0 saturated heterocycles. The molecule has 0 aliphatic heterocycles. The Bertz CT molecular complexity index is 344. The summed E-state index contributed by atoms with van der Waals surface area (Å²) in [6, 6.07) is 6.95. The molecule has 4 heteroatoms. The number of carbonyl (C=O) groups is 1. The molecule has 0 atom stereocenters. The molecule has 0 unspecified atom stereocenters. The first-order valence-corrected chi connectivity index (χ1v) is 4.12. The van der Waals surface area contributed by atoms with E-state index >= 15 is 0 Å². The monoisotopic (exact) mass is 218 g/mol. The van der Waals surface area contributed by atoms with E-state index < -0.39 is 5.97 Å². The van der Waals surface area contributed by atoms with Gasteiger partial charge in [0, 0.05) is 5.02 Å². The Labute approximate surface area is 110 Å². The maximum Gasteiger partial charge on any atom is 1.00 e. The number of allylic oxidation sites excluding steroid dienone is 1. The fourth-order valence-corrected chi connectivity index (χ4v) is 1.10. The summed E-state index contributed by atoms with van der Waals surface area (Å²) in [5.41, 5.74) is 1.48. The Morgan fingerprint density at radius 2 is 1.86 bits per heavy atom. The van der Waals surface area contributed by atoms with Crippen LogP contribution in [0.3, 0.4) is 0 Å². The molecule has 1 aromatic carbocycles. The van der Waals surface area contributed by atoms with E-state index in [1.54, 1.807) is 31.2 Å². The van der Waals surface area contributed by atoms with Crippen molar-refractivity contribution in [2.75, 3.05) is 0 Å². The predicted molar refractivity (Wildman–Crippen MR) is 50.1 cm³/mol. The first-order chi connectivity index (χ1) is 6.09. The second-order valence-corrected chi connectivity index (χ2v) is 3.09. The van der Waals surface area contributed by atoms with Gasteiger partial charge in [-0.15, -0.1) is 0 Å². The summed E-state index contributed by atoms with van der Waals surface area (Å²) < 4.78 is 0. The van der Waals surface area contributed by atoms with Gasteiger partial charge in [0.15, 0.2) is 0 Å². The molecule has 1 aromatic rings. The van der Waals surface area contributed by atoms with Crippen LogP contribution in [-0.4, -0.2) is 5.97 Å². The molecule has 0 amide bonds. The largest absolute Gasteiger partial charge is 1.00 e. The van der Waals surface area contributed by atoms with Crippen LogP contribution in [-0.2, 0) is 4.79 Å². The molecule has 0 spiro atoms. The Balaban J connectivity index is 0.00000169. The average Bonchev–Trinajstić information content (AvgIpc) is 2.04. The van der Waals surface area contributed by atoms with Crippen molar-refractivity contribution in [1.82, 2.24) is 0 Å². The minimum atomic E-state index is -1.19. The molecule has 0 fully saturated rings. The summed E-state index contributed by atoms with van der Waals surface area (Å²) in [5.74, 6) is -1.19. The third kappa shape index (κ3) is 4.29. The number of aliphatic carboxylic acids is 1. The SMILES string of the molecule is CC(=CC(=O)[O-])c1ccc(Cl)cc1.[Na+]. The van der Waals surface area contributed by atoms with E-state index in [0.717, 1.165) is 11.6 Å². The molecule has 68 valence electrons. The van der Waals surface area contributed by atoms with Crippen molar-refractivity contribution in [3.05, 3.63) is 40.9 Å². The zero-order valence-electron chi connectivity index (χ0n) is 8.08. The third-order valence-electron chi connectivity index (χ3n) is 1.63. The van der Waals surface area contributed by atoms with Crippen molar-refractivity contribution in [2.24, 2.45) is 0 Å². The normalized spacial score (nSPS) is 10.6. The van der Waals surface area contributed by atoms with E-state index in [1.807, 2.05) is 0 Å². The zero-order valence-corrected chi connectivity index (χ0v) is 10.8. The fraction of sp³-hybridized carbons (Fsp3) is 0.100. The van der Waals surface area contributed by atoms with Crippen LogP contribution < -0.4 is 34.7 Å². The van der Waals surface area contributed by atoms with Crippen LogP contribution in [0.25, 0.3) is 5.57 Å². The smallest absolute Gasteiger partial charge is 0.545 e. The summed E-state index contributed by atoms with van der Waals surface area (Å²) in [6.45, 7) is 1.71. The Morgan fingerprint density at radius 1 is 1.36 bits per heavy atom. The van der Waals surface area contributed by atoms with E-state index in [4.69, 9.17) is 11.6 Å². The number of benzene rings is 1. The maximum absolute atomic E-state index is 10.2. The molecule has 0 heterocycles. The Kier molecular flexibility index (Phi) is 6.12. The van der Waals surface area contributed by atoms with Gasteiger partial charge in [0.05, 0.1) is 5.97 Å². The predicted octanol–water partition coefficient (Wildman–Crippen LogP) is -1.50. The minimum Gasteiger partial charge on any atom is -0.545 e. The van der Waals surface area contributed by atoms with Gasteiger partial charge in [-0.2, -0.15) is 0 Å². The van der Waals surface area contributed by atoms with Crippen LogP contribution in [0.5, 0.6) is 0 Å². The van der Waals surface area contributed by atoms with Gasteiger partial charge in [-0.3, -0.25) is 0 Å². The summed E-state index contributed by atoms with van der Waals surface area (Å²) in [6.07, 6.45) is 1.06. The van der Waals surface area contributed by atoms with Gasteiger partial charge < -0.3 is 9.90 Å². The zero-order chi connectivity index (χ0) is 9.84. The van der Waals surface area contributed by atoms with Gasteiger partial charge in [0.2, 0.25) is 0 Å². The van der Waals surface area contributed by atoms with Crippen LogP contribution >= 0.6 is 11.6 Å². The standard InChI is InChI=1S/C10H9ClO2.Na/c1-7(6-10(12)13)8-2-4-9(11)5-3-8;/h2-6H,1H3,(H,12,13);/q;+1/p-1. The van der Waals surface area contributed by atoms with Gasteiger partial charge in [0.1, 0.15) is 0 Å².